The summed E-state index contributed by atoms with van der Waals surface area (Å²) in [6.45, 7) is 1.74. The van der Waals surface area contributed by atoms with E-state index in [1.165, 1.54) is 0 Å². The first-order chi connectivity index (χ1) is 9.41. The van der Waals surface area contributed by atoms with Crippen LogP contribution in [0.1, 0.15) is 28.9 Å². The minimum atomic E-state index is -4.44. The topological polar surface area (TPSA) is 59.2 Å². The predicted molar refractivity (Wildman–Crippen MR) is 81.4 cm³/mol. The lowest BCUT2D eigenvalue weighted by molar-refractivity contribution is -0.137. The monoisotopic (exact) mass is 359 g/mol. The zero-order valence-corrected chi connectivity index (χ0v) is 13.3. The number of likely N-dealkylation sites (tertiary alicyclic amines) is 1. The molecule has 0 atom stereocenters. The molecule has 0 radical (unpaired) electrons. The zero-order valence-electron chi connectivity index (χ0n) is 11.7. The van der Waals surface area contributed by atoms with Gasteiger partial charge in [-0.1, -0.05) is 0 Å². The van der Waals surface area contributed by atoms with Crippen molar-refractivity contribution in [2.45, 2.75) is 19.0 Å². The number of alkyl halides is 3. The molecule has 1 aromatic heterocycles. The fourth-order valence-corrected chi connectivity index (χ4v) is 2.22. The number of hydrogen-bond acceptors (Lipinski definition) is 3. The number of aromatic nitrogens is 1. The van der Waals surface area contributed by atoms with Crippen molar-refractivity contribution in [2.24, 2.45) is 11.7 Å². The highest BCUT2D eigenvalue weighted by Gasteiger charge is 2.31. The zero-order chi connectivity index (χ0) is 14.8. The van der Waals surface area contributed by atoms with Gasteiger partial charge < -0.3 is 10.6 Å². The van der Waals surface area contributed by atoms with Crippen molar-refractivity contribution in [3.05, 3.63) is 29.6 Å². The Hall–Kier alpha value is -1.05. The average molecular weight is 360 g/mol. The van der Waals surface area contributed by atoms with Gasteiger partial charge in [0.2, 0.25) is 0 Å². The van der Waals surface area contributed by atoms with Crippen LogP contribution in [-0.4, -0.2) is 35.4 Å². The van der Waals surface area contributed by atoms with Crippen LogP contribution in [0.3, 0.4) is 0 Å². The van der Waals surface area contributed by atoms with Gasteiger partial charge in [0, 0.05) is 19.3 Å². The number of hydrogen-bond donors (Lipinski definition) is 1. The first-order valence-electron chi connectivity index (χ1n) is 6.44. The van der Waals surface area contributed by atoms with E-state index in [4.69, 9.17) is 5.73 Å². The van der Waals surface area contributed by atoms with Crippen LogP contribution < -0.4 is 5.73 Å². The third-order valence-electron chi connectivity index (χ3n) is 3.55. The second kappa shape index (κ2) is 8.55. The Morgan fingerprint density at radius 1 is 1.27 bits per heavy atom. The third-order valence-corrected chi connectivity index (χ3v) is 3.55. The van der Waals surface area contributed by atoms with Crippen LogP contribution in [0, 0.1) is 5.92 Å². The SMILES string of the molecule is Cl.Cl.NCC1CCN(C(=O)c2ccc(C(F)(F)F)cn2)CC1. The van der Waals surface area contributed by atoms with Crippen molar-refractivity contribution in [2.75, 3.05) is 19.6 Å². The maximum atomic E-state index is 12.4. The van der Waals surface area contributed by atoms with Crippen LogP contribution in [0.5, 0.6) is 0 Å². The molecule has 2 N–H and O–H groups in total. The molecule has 0 aliphatic carbocycles. The minimum Gasteiger partial charge on any atom is -0.337 e. The molecule has 0 aromatic carbocycles. The number of amides is 1. The molecular weight excluding hydrogens is 342 g/mol. The lowest BCUT2D eigenvalue weighted by Crippen LogP contribution is -2.40. The summed E-state index contributed by atoms with van der Waals surface area (Å²) in [6, 6.07) is 2.01. The molecule has 1 saturated heterocycles. The highest BCUT2D eigenvalue weighted by molar-refractivity contribution is 5.92. The summed E-state index contributed by atoms with van der Waals surface area (Å²) in [6.07, 6.45) is -2.10. The Morgan fingerprint density at radius 2 is 1.86 bits per heavy atom. The molecule has 9 heteroatoms. The molecule has 1 aliphatic rings. The van der Waals surface area contributed by atoms with E-state index in [2.05, 4.69) is 4.98 Å². The van der Waals surface area contributed by atoms with Crippen LogP contribution in [0.15, 0.2) is 18.3 Å². The van der Waals surface area contributed by atoms with Crippen molar-refractivity contribution in [3.63, 3.8) is 0 Å². The normalized spacial score (nSPS) is 15.7. The van der Waals surface area contributed by atoms with E-state index < -0.39 is 11.7 Å². The molecule has 4 nitrogen and oxygen atoms in total. The summed E-state index contributed by atoms with van der Waals surface area (Å²) in [5, 5.41) is 0. The van der Waals surface area contributed by atoms with Gasteiger partial charge in [-0.15, -0.1) is 24.8 Å². The van der Waals surface area contributed by atoms with Gasteiger partial charge in [0.15, 0.2) is 0 Å². The van der Waals surface area contributed by atoms with Gasteiger partial charge in [-0.05, 0) is 37.4 Å². The predicted octanol–water partition coefficient (Wildman–Crippen LogP) is 2.75. The fraction of sp³-hybridized carbons (Fsp3) is 0.538. The molecule has 0 saturated carbocycles. The molecule has 1 amide bonds. The Labute approximate surface area is 139 Å². The van der Waals surface area contributed by atoms with Crippen LogP contribution in [0.2, 0.25) is 0 Å². The van der Waals surface area contributed by atoms with Gasteiger partial charge in [0.1, 0.15) is 5.69 Å². The van der Waals surface area contributed by atoms with E-state index in [9.17, 15) is 18.0 Å². The van der Waals surface area contributed by atoms with E-state index in [1.54, 1.807) is 4.90 Å². The average Bonchev–Trinajstić information content (AvgIpc) is 2.46. The van der Waals surface area contributed by atoms with Crippen LogP contribution >= 0.6 is 24.8 Å². The number of rotatable bonds is 2. The highest BCUT2D eigenvalue weighted by atomic mass is 35.5. The van der Waals surface area contributed by atoms with Gasteiger partial charge in [-0.2, -0.15) is 13.2 Å². The quantitative estimate of drug-likeness (QED) is 0.882. The number of halogens is 5. The molecule has 126 valence electrons. The molecule has 0 bridgehead atoms. The molecule has 1 aliphatic heterocycles. The van der Waals surface area contributed by atoms with Crippen molar-refractivity contribution in [1.82, 2.24) is 9.88 Å². The van der Waals surface area contributed by atoms with E-state index in [1.807, 2.05) is 0 Å². The third kappa shape index (κ3) is 5.00. The number of piperidine rings is 1. The lowest BCUT2D eigenvalue weighted by atomic mass is 9.97. The molecule has 22 heavy (non-hydrogen) atoms. The second-order valence-corrected chi connectivity index (χ2v) is 4.90. The molecule has 0 spiro atoms. The van der Waals surface area contributed by atoms with Gasteiger partial charge in [0.05, 0.1) is 5.56 Å². The van der Waals surface area contributed by atoms with Crippen molar-refractivity contribution in [1.29, 1.82) is 0 Å². The summed E-state index contributed by atoms with van der Waals surface area (Å²) >= 11 is 0. The van der Waals surface area contributed by atoms with Crippen LogP contribution in [-0.2, 0) is 6.18 Å². The van der Waals surface area contributed by atoms with Crippen LogP contribution in [0.4, 0.5) is 13.2 Å². The van der Waals surface area contributed by atoms with Gasteiger partial charge in [0.25, 0.3) is 5.91 Å². The number of carbonyl (C=O) groups excluding carboxylic acids is 1. The Kier molecular flexibility index (Phi) is 8.14. The highest BCUT2D eigenvalue weighted by Crippen LogP contribution is 2.28. The van der Waals surface area contributed by atoms with Crippen molar-refractivity contribution >= 4 is 30.7 Å². The largest absolute Gasteiger partial charge is 0.417 e. The maximum Gasteiger partial charge on any atom is 0.417 e. The number of carbonyl (C=O) groups is 1. The van der Waals surface area contributed by atoms with E-state index in [0.717, 1.165) is 25.0 Å². The standard InChI is InChI=1S/C13H16F3N3O.2ClH/c14-13(15,16)10-1-2-11(18-8-10)12(20)19-5-3-9(7-17)4-6-19;;/h1-2,8-9H,3-7,17H2;2*1H. The first-order valence-corrected chi connectivity index (χ1v) is 6.44. The summed E-state index contributed by atoms with van der Waals surface area (Å²) in [4.78, 5) is 17.3. The van der Waals surface area contributed by atoms with E-state index in [-0.39, 0.29) is 36.4 Å². The Morgan fingerprint density at radius 3 is 2.27 bits per heavy atom. The molecule has 1 aromatic rings. The lowest BCUT2D eigenvalue weighted by Gasteiger charge is -2.31. The van der Waals surface area contributed by atoms with Crippen LogP contribution in [0.25, 0.3) is 0 Å². The second-order valence-electron chi connectivity index (χ2n) is 4.90. The number of nitrogens with zero attached hydrogens (tertiary/aromatic N) is 2. The summed E-state index contributed by atoms with van der Waals surface area (Å²) < 4.78 is 37.2. The summed E-state index contributed by atoms with van der Waals surface area (Å²) in [5.41, 5.74) is 4.77. The van der Waals surface area contributed by atoms with E-state index >= 15 is 0 Å². The molecular formula is C13H18Cl2F3N3O. The molecule has 1 fully saturated rings. The molecule has 2 heterocycles. The minimum absolute atomic E-state index is 0. The Balaban J connectivity index is 0.00000220. The maximum absolute atomic E-state index is 12.4. The summed E-state index contributed by atoms with van der Waals surface area (Å²) in [7, 11) is 0. The van der Waals surface area contributed by atoms with Crippen molar-refractivity contribution in [3.8, 4) is 0 Å². The van der Waals surface area contributed by atoms with Gasteiger partial charge in [-0.25, -0.2) is 0 Å². The Bertz CT molecular complexity index is 474. The smallest absolute Gasteiger partial charge is 0.337 e. The van der Waals surface area contributed by atoms with Gasteiger partial charge >= 0.3 is 6.18 Å². The number of pyridine rings is 1. The van der Waals surface area contributed by atoms with Gasteiger partial charge in [-0.3, -0.25) is 9.78 Å². The first kappa shape index (κ1) is 20.9. The number of nitrogens with two attached hydrogens (primary N) is 1. The van der Waals surface area contributed by atoms with Crippen molar-refractivity contribution < 1.29 is 18.0 Å². The molecule has 2 rings (SSSR count). The van der Waals surface area contributed by atoms with E-state index in [0.29, 0.717) is 31.7 Å². The fourth-order valence-electron chi connectivity index (χ4n) is 2.22. The molecule has 0 unspecified atom stereocenters. The summed E-state index contributed by atoms with van der Waals surface area (Å²) in [5.74, 6) is 0.0915.